The van der Waals surface area contributed by atoms with Gasteiger partial charge in [0.2, 0.25) is 11.8 Å². The highest BCUT2D eigenvalue weighted by atomic mass is 16.4. The Morgan fingerprint density at radius 2 is 2.04 bits per heavy atom. The number of carboxylic acid groups (broad SMARTS) is 1. The lowest BCUT2D eigenvalue weighted by atomic mass is 9.91. The van der Waals surface area contributed by atoms with Crippen molar-refractivity contribution < 1.29 is 14.3 Å². The minimum atomic E-state index is -0.955. The Bertz CT molecular complexity index is 956. The average Bonchev–Trinajstić information content (AvgIpc) is 3.05. The Hall–Kier alpha value is -3.46. The van der Waals surface area contributed by atoms with Crippen molar-refractivity contribution >= 4 is 5.97 Å². The van der Waals surface area contributed by atoms with Crippen molar-refractivity contribution in [3.05, 3.63) is 71.4 Å². The van der Waals surface area contributed by atoms with E-state index in [-0.39, 0.29) is 12.3 Å². The monoisotopic (exact) mass is 333 g/mol. The number of nitrogens with zero attached hydrogens (tertiary/aromatic N) is 3. The molecule has 3 aromatic rings. The number of rotatable bonds is 5. The number of nitriles is 1. The molecular weight excluding hydrogens is 318 g/mol. The first-order valence-corrected chi connectivity index (χ1v) is 7.69. The molecule has 3 rings (SSSR count). The summed E-state index contributed by atoms with van der Waals surface area (Å²) in [6.07, 6.45) is -0.162. The molecule has 2 aromatic carbocycles. The smallest absolute Gasteiger partial charge is 0.304 e. The Morgan fingerprint density at radius 3 is 2.72 bits per heavy atom. The van der Waals surface area contributed by atoms with E-state index in [2.05, 4.69) is 16.3 Å². The molecule has 0 fully saturated rings. The van der Waals surface area contributed by atoms with Crippen molar-refractivity contribution in [1.82, 2.24) is 10.2 Å². The quantitative estimate of drug-likeness (QED) is 0.766. The van der Waals surface area contributed by atoms with Crippen molar-refractivity contribution in [3.63, 3.8) is 0 Å². The first kappa shape index (κ1) is 16.4. The SMILES string of the molecule is Cc1nnc(C(CC(=O)O)c2cccc(-c3ccccc3C#N)c2)o1. The minimum absolute atomic E-state index is 0.162. The molecule has 6 heteroatoms. The van der Waals surface area contributed by atoms with E-state index in [9.17, 15) is 15.2 Å². The molecule has 0 aliphatic rings. The fourth-order valence-electron chi connectivity index (χ4n) is 2.73. The van der Waals surface area contributed by atoms with E-state index < -0.39 is 11.9 Å². The fraction of sp³-hybridized carbons (Fsp3) is 0.158. The summed E-state index contributed by atoms with van der Waals surface area (Å²) in [5.74, 6) is -0.849. The van der Waals surface area contributed by atoms with Crippen LogP contribution in [0.4, 0.5) is 0 Å². The minimum Gasteiger partial charge on any atom is -0.481 e. The summed E-state index contributed by atoms with van der Waals surface area (Å²) in [6.45, 7) is 1.66. The summed E-state index contributed by atoms with van der Waals surface area (Å²) in [7, 11) is 0. The number of aromatic nitrogens is 2. The third-order valence-electron chi connectivity index (χ3n) is 3.87. The van der Waals surface area contributed by atoms with Crippen LogP contribution in [-0.2, 0) is 4.79 Å². The van der Waals surface area contributed by atoms with Gasteiger partial charge in [-0.3, -0.25) is 4.79 Å². The molecule has 0 bridgehead atoms. The molecule has 0 aliphatic heterocycles. The van der Waals surface area contributed by atoms with Gasteiger partial charge in [-0.1, -0.05) is 42.5 Å². The van der Waals surface area contributed by atoms with E-state index in [1.165, 1.54) is 0 Å². The predicted octanol–water partition coefficient (Wildman–Crippen LogP) is 3.52. The van der Waals surface area contributed by atoms with Crippen molar-refractivity contribution in [2.24, 2.45) is 0 Å². The molecule has 0 aliphatic carbocycles. The first-order chi connectivity index (χ1) is 12.1. The normalized spacial score (nSPS) is 11.7. The highest BCUT2D eigenvalue weighted by Crippen LogP contribution is 2.31. The third kappa shape index (κ3) is 3.56. The second kappa shape index (κ2) is 6.97. The Labute approximate surface area is 144 Å². The van der Waals surface area contributed by atoms with E-state index in [1.807, 2.05) is 36.4 Å². The second-order valence-electron chi connectivity index (χ2n) is 5.59. The Kier molecular flexibility index (Phi) is 4.57. The number of hydrogen-bond acceptors (Lipinski definition) is 5. The maximum atomic E-state index is 11.3. The maximum Gasteiger partial charge on any atom is 0.304 e. The number of benzene rings is 2. The lowest BCUT2D eigenvalue weighted by Crippen LogP contribution is -2.08. The highest BCUT2D eigenvalue weighted by molar-refractivity contribution is 5.72. The summed E-state index contributed by atoms with van der Waals surface area (Å²) in [5, 5.41) is 26.3. The van der Waals surface area contributed by atoms with E-state index in [0.29, 0.717) is 11.5 Å². The van der Waals surface area contributed by atoms with Crippen LogP contribution in [0.1, 0.15) is 35.2 Å². The van der Waals surface area contributed by atoms with E-state index in [1.54, 1.807) is 19.1 Å². The zero-order valence-electron chi connectivity index (χ0n) is 13.5. The topological polar surface area (TPSA) is 100 Å². The largest absolute Gasteiger partial charge is 0.481 e. The van der Waals surface area contributed by atoms with Gasteiger partial charge in [0.15, 0.2) is 0 Å². The molecule has 25 heavy (non-hydrogen) atoms. The lowest BCUT2D eigenvalue weighted by molar-refractivity contribution is -0.137. The van der Waals surface area contributed by atoms with E-state index in [4.69, 9.17) is 4.42 Å². The molecule has 1 N–H and O–H groups in total. The summed E-state index contributed by atoms with van der Waals surface area (Å²) in [4.78, 5) is 11.3. The van der Waals surface area contributed by atoms with Crippen LogP contribution >= 0.6 is 0 Å². The van der Waals surface area contributed by atoms with Gasteiger partial charge >= 0.3 is 5.97 Å². The number of carbonyl (C=O) groups is 1. The summed E-state index contributed by atoms with van der Waals surface area (Å²) in [6, 6.07) is 16.9. The molecule has 124 valence electrons. The number of carboxylic acids is 1. The Balaban J connectivity index is 2.06. The number of aliphatic carboxylic acids is 1. The zero-order chi connectivity index (χ0) is 17.8. The number of aryl methyl sites for hydroxylation is 1. The van der Waals surface area contributed by atoms with Crippen LogP contribution in [0.2, 0.25) is 0 Å². The molecule has 6 nitrogen and oxygen atoms in total. The summed E-state index contributed by atoms with van der Waals surface area (Å²) in [5.41, 5.74) is 2.93. The molecule has 0 amide bonds. The first-order valence-electron chi connectivity index (χ1n) is 7.69. The molecule has 1 aromatic heterocycles. The molecule has 0 spiro atoms. The van der Waals surface area contributed by atoms with E-state index in [0.717, 1.165) is 16.7 Å². The summed E-state index contributed by atoms with van der Waals surface area (Å²) < 4.78 is 5.45. The van der Waals surface area contributed by atoms with Crippen molar-refractivity contribution in [2.45, 2.75) is 19.3 Å². The van der Waals surface area contributed by atoms with Gasteiger partial charge in [-0.15, -0.1) is 10.2 Å². The standard InChI is InChI=1S/C19H15N3O3/c1-12-21-22-19(25-12)17(10-18(23)24)14-7-4-6-13(9-14)16-8-3-2-5-15(16)11-20/h2-9,17H,10H2,1H3,(H,23,24). The van der Waals surface area contributed by atoms with Crippen molar-refractivity contribution in [1.29, 1.82) is 5.26 Å². The van der Waals surface area contributed by atoms with Gasteiger partial charge in [0, 0.05) is 6.92 Å². The lowest BCUT2D eigenvalue weighted by Gasteiger charge is -2.13. The summed E-state index contributed by atoms with van der Waals surface area (Å²) >= 11 is 0. The third-order valence-corrected chi connectivity index (χ3v) is 3.87. The van der Waals surface area contributed by atoms with Crippen LogP contribution < -0.4 is 0 Å². The fourth-order valence-corrected chi connectivity index (χ4v) is 2.73. The van der Waals surface area contributed by atoms with Gasteiger partial charge in [0.25, 0.3) is 0 Å². The van der Waals surface area contributed by atoms with Gasteiger partial charge in [0.05, 0.1) is 24.0 Å². The van der Waals surface area contributed by atoms with Gasteiger partial charge in [-0.25, -0.2) is 0 Å². The number of hydrogen-bond donors (Lipinski definition) is 1. The molecule has 1 heterocycles. The van der Waals surface area contributed by atoms with Crippen LogP contribution in [0.5, 0.6) is 0 Å². The second-order valence-corrected chi connectivity index (χ2v) is 5.59. The highest BCUT2D eigenvalue weighted by Gasteiger charge is 2.24. The van der Waals surface area contributed by atoms with Crippen LogP contribution in [0.25, 0.3) is 11.1 Å². The Morgan fingerprint density at radius 1 is 1.24 bits per heavy atom. The molecule has 0 saturated heterocycles. The van der Waals surface area contributed by atoms with Gasteiger partial charge in [-0.05, 0) is 22.8 Å². The van der Waals surface area contributed by atoms with Gasteiger partial charge in [-0.2, -0.15) is 5.26 Å². The van der Waals surface area contributed by atoms with Gasteiger partial charge in [0.1, 0.15) is 0 Å². The van der Waals surface area contributed by atoms with Crippen LogP contribution in [0.15, 0.2) is 52.9 Å². The van der Waals surface area contributed by atoms with Crippen molar-refractivity contribution in [3.8, 4) is 17.2 Å². The maximum absolute atomic E-state index is 11.3. The molecule has 1 unspecified atom stereocenters. The average molecular weight is 333 g/mol. The van der Waals surface area contributed by atoms with Crippen LogP contribution in [-0.4, -0.2) is 21.3 Å². The molecule has 0 radical (unpaired) electrons. The van der Waals surface area contributed by atoms with Crippen LogP contribution in [0, 0.1) is 18.3 Å². The predicted molar refractivity (Wildman–Crippen MR) is 89.7 cm³/mol. The van der Waals surface area contributed by atoms with E-state index >= 15 is 0 Å². The van der Waals surface area contributed by atoms with Crippen LogP contribution in [0.3, 0.4) is 0 Å². The molecule has 1 atom stereocenters. The molecular formula is C19H15N3O3. The molecule has 0 saturated carbocycles. The zero-order valence-corrected chi connectivity index (χ0v) is 13.5. The van der Waals surface area contributed by atoms with Crippen molar-refractivity contribution in [2.75, 3.05) is 0 Å². The van der Waals surface area contributed by atoms with Gasteiger partial charge < -0.3 is 9.52 Å².